The second kappa shape index (κ2) is 6.69. The Morgan fingerprint density at radius 1 is 1.30 bits per heavy atom. The lowest BCUT2D eigenvalue weighted by molar-refractivity contribution is -0.114. The molecule has 1 aromatic carbocycles. The summed E-state index contributed by atoms with van der Waals surface area (Å²) in [5, 5.41) is 24.2. The SMILES string of the molecule is CC(=O)/C(=N/O)C(=O)Nc1cc(-c2c[nH]nn2)cc(N(C)C)c1. The van der Waals surface area contributed by atoms with Crippen LogP contribution in [0.5, 0.6) is 0 Å². The molecule has 9 nitrogen and oxygen atoms in total. The molecule has 0 bridgehead atoms. The van der Waals surface area contributed by atoms with Crippen LogP contribution >= 0.6 is 0 Å². The van der Waals surface area contributed by atoms with Gasteiger partial charge < -0.3 is 15.4 Å². The summed E-state index contributed by atoms with van der Waals surface area (Å²) >= 11 is 0. The largest absolute Gasteiger partial charge is 0.410 e. The maximum Gasteiger partial charge on any atom is 0.281 e. The first-order valence-electron chi connectivity index (χ1n) is 6.66. The molecule has 1 heterocycles. The third-order valence-corrected chi connectivity index (χ3v) is 3.05. The van der Waals surface area contributed by atoms with E-state index in [0.717, 1.165) is 18.2 Å². The van der Waals surface area contributed by atoms with Gasteiger partial charge in [-0.05, 0) is 18.2 Å². The molecule has 2 rings (SSSR count). The van der Waals surface area contributed by atoms with Crippen LogP contribution in [0.25, 0.3) is 11.3 Å². The van der Waals surface area contributed by atoms with E-state index in [-0.39, 0.29) is 0 Å². The molecule has 0 saturated heterocycles. The van der Waals surface area contributed by atoms with Gasteiger partial charge in [-0.25, -0.2) is 0 Å². The number of benzene rings is 1. The molecule has 0 spiro atoms. The van der Waals surface area contributed by atoms with Crippen LogP contribution in [0.15, 0.2) is 29.6 Å². The van der Waals surface area contributed by atoms with Crippen molar-refractivity contribution in [2.45, 2.75) is 6.92 Å². The summed E-state index contributed by atoms with van der Waals surface area (Å²) < 4.78 is 0. The lowest BCUT2D eigenvalue weighted by Crippen LogP contribution is -2.28. The van der Waals surface area contributed by atoms with Gasteiger partial charge in [0.25, 0.3) is 5.91 Å². The molecule has 0 saturated carbocycles. The van der Waals surface area contributed by atoms with Crippen LogP contribution in [0.4, 0.5) is 11.4 Å². The molecule has 0 atom stereocenters. The molecular weight excluding hydrogens is 300 g/mol. The minimum Gasteiger partial charge on any atom is -0.410 e. The summed E-state index contributed by atoms with van der Waals surface area (Å²) in [7, 11) is 3.70. The van der Waals surface area contributed by atoms with E-state index in [1.165, 1.54) is 0 Å². The number of carbonyl (C=O) groups excluding carboxylic acids is 2. The van der Waals surface area contributed by atoms with E-state index in [9.17, 15) is 9.59 Å². The number of hydrogen-bond acceptors (Lipinski definition) is 7. The van der Waals surface area contributed by atoms with Gasteiger partial charge in [0.15, 0.2) is 5.78 Å². The number of hydrogen-bond donors (Lipinski definition) is 3. The van der Waals surface area contributed by atoms with Crippen LogP contribution in [0.2, 0.25) is 0 Å². The van der Waals surface area contributed by atoms with Gasteiger partial charge >= 0.3 is 0 Å². The first kappa shape index (κ1) is 16.1. The third kappa shape index (κ3) is 3.70. The van der Waals surface area contributed by atoms with Crippen molar-refractivity contribution >= 4 is 28.8 Å². The number of ketones is 1. The number of aromatic amines is 1. The fourth-order valence-electron chi connectivity index (χ4n) is 1.90. The normalized spacial score (nSPS) is 11.2. The number of carbonyl (C=O) groups is 2. The van der Waals surface area contributed by atoms with Gasteiger partial charge in [-0.2, -0.15) is 0 Å². The standard InChI is InChI=1S/C14H16N6O3/c1-8(21)13(18-23)14(22)16-10-4-9(12-7-15-19-17-12)5-11(6-10)20(2)3/h4-7,23H,1-3H3,(H,16,22)(H,15,17,19)/b18-13-. The molecule has 0 unspecified atom stereocenters. The average molecular weight is 316 g/mol. The zero-order valence-corrected chi connectivity index (χ0v) is 12.9. The molecule has 3 N–H and O–H groups in total. The van der Waals surface area contributed by atoms with Crippen LogP contribution in [0, 0.1) is 0 Å². The molecule has 0 aliphatic carbocycles. The number of H-pyrrole nitrogens is 1. The quantitative estimate of drug-likeness (QED) is 0.326. The molecule has 9 heteroatoms. The van der Waals surface area contributed by atoms with Crippen LogP contribution in [-0.4, -0.2) is 52.1 Å². The van der Waals surface area contributed by atoms with Crippen LogP contribution in [0.3, 0.4) is 0 Å². The number of nitrogens with zero attached hydrogens (tertiary/aromatic N) is 4. The Morgan fingerprint density at radius 3 is 2.57 bits per heavy atom. The molecule has 2 aromatic rings. The molecular formula is C14H16N6O3. The number of Topliss-reactive ketones (excluding diaryl/α,β-unsaturated/α-hetero) is 1. The molecule has 0 aliphatic heterocycles. The maximum absolute atomic E-state index is 12.0. The molecule has 120 valence electrons. The minimum absolute atomic E-state index is 0.432. The Morgan fingerprint density at radius 2 is 2.04 bits per heavy atom. The summed E-state index contributed by atoms with van der Waals surface area (Å²) in [6.07, 6.45) is 1.62. The van der Waals surface area contributed by atoms with Crippen molar-refractivity contribution in [1.82, 2.24) is 15.4 Å². The number of anilines is 2. The average Bonchev–Trinajstić information content (AvgIpc) is 3.01. The number of aromatic nitrogens is 3. The lowest BCUT2D eigenvalue weighted by Gasteiger charge is -2.16. The molecule has 0 fully saturated rings. The summed E-state index contributed by atoms with van der Waals surface area (Å²) in [6.45, 7) is 1.14. The van der Waals surface area contributed by atoms with Crippen molar-refractivity contribution in [3.8, 4) is 11.3 Å². The fraction of sp³-hybridized carbons (Fsp3) is 0.214. The zero-order valence-electron chi connectivity index (χ0n) is 12.9. The first-order valence-corrected chi connectivity index (χ1v) is 6.66. The third-order valence-electron chi connectivity index (χ3n) is 3.05. The summed E-state index contributed by atoms with van der Waals surface area (Å²) in [5.74, 6) is -1.42. The number of oxime groups is 1. The Bertz CT molecular complexity index is 752. The van der Waals surface area contributed by atoms with Gasteiger partial charge in [-0.3, -0.25) is 14.7 Å². The summed E-state index contributed by atoms with van der Waals surface area (Å²) in [6, 6.07) is 5.27. The molecule has 0 aliphatic rings. The Balaban J connectivity index is 2.38. The highest BCUT2D eigenvalue weighted by Crippen LogP contribution is 2.27. The van der Waals surface area contributed by atoms with Crippen LogP contribution in [0.1, 0.15) is 6.92 Å². The highest BCUT2D eigenvalue weighted by atomic mass is 16.4. The monoisotopic (exact) mass is 316 g/mol. The van der Waals surface area contributed by atoms with Gasteiger partial charge in [0.05, 0.1) is 0 Å². The van der Waals surface area contributed by atoms with Crippen molar-refractivity contribution in [1.29, 1.82) is 0 Å². The van der Waals surface area contributed by atoms with Crippen molar-refractivity contribution < 1.29 is 14.8 Å². The smallest absolute Gasteiger partial charge is 0.281 e. The predicted molar refractivity (Wildman–Crippen MR) is 84.7 cm³/mol. The van der Waals surface area contributed by atoms with Crippen LogP contribution in [-0.2, 0) is 9.59 Å². The molecule has 1 amide bonds. The van der Waals surface area contributed by atoms with E-state index in [2.05, 4.69) is 25.9 Å². The van der Waals surface area contributed by atoms with Crippen molar-refractivity contribution in [2.24, 2.45) is 5.16 Å². The highest BCUT2D eigenvalue weighted by Gasteiger charge is 2.18. The topological polar surface area (TPSA) is 124 Å². The van der Waals surface area contributed by atoms with E-state index in [1.807, 2.05) is 25.1 Å². The molecule has 1 aromatic heterocycles. The van der Waals surface area contributed by atoms with Crippen molar-refractivity contribution in [3.05, 3.63) is 24.4 Å². The van der Waals surface area contributed by atoms with Crippen molar-refractivity contribution in [3.63, 3.8) is 0 Å². The first-order chi connectivity index (χ1) is 10.9. The predicted octanol–water partition coefficient (Wildman–Crippen LogP) is 0.895. The van der Waals surface area contributed by atoms with Gasteiger partial charge in [0.2, 0.25) is 5.71 Å². The van der Waals surface area contributed by atoms with Gasteiger partial charge in [-0.15, -0.1) is 5.10 Å². The Labute approximate surface area is 132 Å². The number of nitrogens with one attached hydrogen (secondary N) is 2. The lowest BCUT2D eigenvalue weighted by atomic mass is 10.1. The number of amides is 1. The van der Waals surface area contributed by atoms with E-state index in [1.54, 1.807) is 18.3 Å². The maximum atomic E-state index is 12.0. The second-order valence-corrected chi connectivity index (χ2v) is 4.98. The second-order valence-electron chi connectivity index (χ2n) is 4.98. The highest BCUT2D eigenvalue weighted by molar-refractivity contribution is 6.67. The minimum atomic E-state index is -0.790. The van der Waals surface area contributed by atoms with E-state index < -0.39 is 17.4 Å². The van der Waals surface area contributed by atoms with E-state index >= 15 is 0 Å². The van der Waals surface area contributed by atoms with Gasteiger partial charge in [0, 0.05) is 44.2 Å². The van der Waals surface area contributed by atoms with E-state index in [4.69, 9.17) is 5.21 Å². The molecule has 23 heavy (non-hydrogen) atoms. The Kier molecular flexibility index (Phi) is 4.69. The van der Waals surface area contributed by atoms with Crippen LogP contribution < -0.4 is 10.2 Å². The van der Waals surface area contributed by atoms with Gasteiger partial charge in [0.1, 0.15) is 5.69 Å². The van der Waals surface area contributed by atoms with Gasteiger partial charge in [-0.1, -0.05) is 10.4 Å². The van der Waals surface area contributed by atoms with E-state index in [0.29, 0.717) is 11.4 Å². The summed E-state index contributed by atoms with van der Waals surface area (Å²) in [4.78, 5) is 25.1. The van der Waals surface area contributed by atoms with Crippen molar-refractivity contribution in [2.75, 3.05) is 24.3 Å². The fourth-order valence-corrected chi connectivity index (χ4v) is 1.90. The zero-order chi connectivity index (χ0) is 17.0. The summed E-state index contributed by atoms with van der Waals surface area (Å²) in [5.41, 5.74) is 2.01. The Hall–Kier alpha value is -3.23. The number of rotatable bonds is 5. The molecule has 0 radical (unpaired) electrons.